The number of hydrogen-bond acceptors (Lipinski definition) is 2. The molecule has 5 heteroatoms. The van der Waals surface area contributed by atoms with E-state index in [9.17, 15) is 4.79 Å². The Balaban J connectivity index is 2.10. The predicted octanol–water partition coefficient (Wildman–Crippen LogP) is -0.104. The molecule has 2 N–H and O–H groups in total. The maximum Gasteiger partial charge on any atom is 0.319 e. The second kappa shape index (κ2) is 2.53. The summed E-state index contributed by atoms with van der Waals surface area (Å²) in [5.74, 6) is 0. The van der Waals surface area contributed by atoms with Gasteiger partial charge in [0.1, 0.15) is 5.50 Å². The van der Waals surface area contributed by atoms with Crippen molar-refractivity contribution in [1.82, 2.24) is 15.5 Å². The number of amides is 2. The Morgan fingerprint density at radius 1 is 1.64 bits per heavy atom. The number of carbonyl (C=O) groups is 1. The van der Waals surface area contributed by atoms with E-state index in [0.717, 1.165) is 19.5 Å². The zero-order valence-electron chi connectivity index (χ0n) is 6.01. The topological polar surface area (TPSA) is 44.4 Å². The minimum absolute atomic E-state index is 0.0498. The van der Waals surface area contributed by atoms with Gasteiger partial charge in [-0.25, -0.2) is 4.79 Å². The molecule has 4 nitrogen and oxygen atoms in total. The molecular weight excluding hydrogens is 166 g/mol. The van der Waals surface area contributed by atoms with Gasteiger partial charge in [0.05, 0.1) is 6.17 Å². The summed E-state index contributed by atoms with van der Waals surface area (Å²) in [5, 5.41) is 5.86. The Bertz CT molecular complexity index is 187. The number of nitrogens with zero attached hydrogens (tertiary/aromatic N) is 1. The van der Waals surface area contributed by atoms with Crippen LogP contribution in [0.1, 0.15) is 6.42 Å². The van der Waals surface area contributed by atoms with Crippen LogP contribution in [-0.2, 0) is 0 Å². The van der Waals surface area contributed by atoms with Crippen LogP contribution in [0.2, 0.25) is 0 Å². The van der Waals surface area contributed by atoms with Crippen molar-refractivity contribution in [2.24, 2.45) is 0 Å². The van der Waals surface area contributed by atoms with Crippen LogP contribution in [0, 0.1) is 0 Å². The van der Waals surface area contributed by atoms with Crippen LogP contribution < -0.4 is 10.6 Å². The summed E-state index contributed by atoms with van der Waals surface area (Å²) in [6.07, 6.45) is 0.944. The van der Waals surface area contributed by atoms with Crippen molar-refractivity contribution in [2.45, 2.75) is 18.1 Å². The average molecular weight is 176 g/mol. The lowest BCUT2D eigenvalue weighted by atomic mass is 10.3. The smallest absolute Gasteiger partial charge is 0.319 e. The molecule has 2 fully saturated rings. The van der Waals surface area contributed by atoms with Gasteiger partial charge < -0.3 is 10.2 Å². The van der Waals surface area contributed by atoms with Crippen LogP contribution in [0.5, 0.6) is 0 Å². The first kappa shape index (κ1) is 7.18. The molecule has 2 amide bonds. The number of fused-ring (bicyclic) bond motifs is 1. The third kappa shape index (κ3) is 1.16. The molecular formula is C6H10ClN3O. The van der Waals surface area contributed by atoms with Gasteiger partial charge in [-0.05, 0) is 0 Å². The van der Waals surface area contributed by atoms with E-state index in [2.05, 4.69) is 10.6 Å². The number of halogens is 1. The molecule has 2 rings (SSSR count). The predicted molar refractivity (Wildman–Crippen MR) is 41.3 cm³/mol. The molecule has 0 aromatic heterocycles. The molecule has 2 unspecified atom stereocenters. The van der Waals surface area contributed by atoms with E-state index in [4.69, 9.17) is 11.6 Å². The number of carbonyl (C=O) groups excluding carboxylic acids is 1. The molecule has 2 heterocycles. The van der Waals surface area contributed by atoms with Crippen molar-refractivity contribution in [1.29, 1.82) is 0 Å². The van der Waals surface area contributed by atoms with E-state index >= 15 is 0 Å². The van der Waals surface area contributed by atoms with Crippen molar-refractivity contribution < 1.29 is 4.79 Å². The van der Waals surface area contributed by atoms with Gasteiger partial charge >= 0.3 is 6.03 Å². The van der Waals surface area contributed by atoms with Gasteiger partial charge in [0, 0.05) is 19.5 Å². The SMILES string of the molecule is O=C1NC(Cl)CC2NCCN12. The van der Waals surface area contributed by atoms with Crippen molar-refractivity contribution in [2.75, 3.05) is 13.1 Å². The minimum Gasteiger partial charge on any atom is -0.322 e. The second-order valence-corrected chi connectivity index (χ2v) is 3.34. The first-order valence-electron chi connectivity index (χ1n) is 3.72. The van der Waals surface area contributed by atoms with Crippen LogP contribution in [0.15, 0.2) is 0 Å². The van der Waals surface area contributed by atoms with Gasteiger partial charge in [-0.2, -0.15) is 0 Å². The van der Waals surface area contributed by atoms with Crippen molar-refractivity contribution in [3.8, 4) is 0 Å². The van der Waals surface area contributed by atoms with Gasteiger partial charge in [0.2, 0.25) is 0 Å². The fourth-order valence-corrected chi connectivity index (χ4v) is 1.81. The molecule has 0 aliphatic carbocycles. The third-order valence-electron chi connectivity index (χ3n) is 2.08. The van der Waals surface area contributed by atoms with Crippen LogP contribution in [0.25, 0.3) is 0 Å². The fraction of sp³-hybridized carbons (Fsp3) is 0.833. The summed E-state index contributed by atoms with van der Waals surface area (Å²) >= 11 is 5.78. The molecule has 2 aliphatic heterocycles. The van der Waals surface area contributed by atoms with E-state index in [1.807, 2.05) is 0 Å². The lowest BCUT2D eigenvalue weighted by Gasteiger charge is -2.32. The standard InChI is InChI=1S/C6H10ClN3O/c7-4-3-5-8-1-2-10(5)6(11)9-4/h4-5,8H,1-3H2,(H,9,11). The molecule has 0 aromatic rings. The van der Waals surface area contributed by atoms with Crippen molar-refractivity contribution in [3.63, 3.8) is 0 Å². The summed E-state index contributed by atoms with van der Waals surface area (Å²) < 4.78 is 0. The Kier molecular flexibility index (Phi) is 1.65. The third-order valence-corrected chi connectivity index (χ3v) is 2.37. The normalized spacial score (nSPS) is 36.8. The largest absolute Gasteiger partial charge is 0.322 e. The lowest BCUT2D eigenvalue weighted by molar-refractivity contribution is 0.167. The molecule has 2 aliphatic rings. The monoisotopic (exact) mass is 175 g/mol. The highest BCUT2D eigenvalue weighted by atomic mass is 35.5. The van der Waals surface area contributed by atoms with Gasteiger partial charge in [0.25, 0.3) is 0 Å². The number of nitrogens with one attached hydrogen (secondary N) is 2. The number of hydrogen-bond donors (Lipinski definition) is 2. The van der Waals surface area contributed by atoms with Gasteiger partial charge in [-0.15, -0.1) is 0 Å². The number of rotatable bonds is 0. The van der Waals surface area contributed by atoms with Gasteiger partial charge in [-0.1, -0.05) is 11.6 Å². The van der Waals surface area contributed by atoms with E-state index in [-0.39, 0.29) is 17.7 Å². The van der Waals surface area contributed by atoms with Crippen LogP contribution in [-0.4, -0.2) is 35.7 Å². The highest BCUT2D eigenvalue weighted by Crippen LogP contribution is 2.16. The summed E-state index contributed by atoms with van der Waals surface area (Å²) in [5.41, 5.74) is -0.214. The Labute approximate surface area is 69.9 Å². The fourth-order valence-electron chi connectivity index (χ4n) is 1.54. The van der Waals surface area contributed by atoms with Gasteiger partial charge in [-0.3, -0.25) is 5.32 Å². The molecule has 0 saturated carbocycles. The maximum absolute atomic E-state index is 11.2. The zero-order valence-corrected chi connectivity index (χ0v) is 6.77. The molecule has 0 bridgehead atoms. The summed E-state index contributed by atoms with van der Waals surface area (Å²) in [6.45, 7) is 1.67. The summed E-state index contributed by atoms with van der Waals surface area (Å²) in [6, 6.07) is -0.0498. The van der Waals surface area contributed by atoms with E-state index in [0.29, 0.717) is 0 Å². The van der Waals surface area contributed by atoms with E-state index in [1.165, 1.54) is 0 Å². The van der Waals surface area contributed by atoms with Gasteiger partial charge in [0.15, 0.2) is 0 Å². The highest BCUT2D eigenvalue weighted by Gasteiger charge is 2.35. The first-order chi connectivity index (χ1) is 5.27. The average Bonchev–Trinajstić information content (AvgIpc) is 2.34. The summed E-state index contributed by atoms with van der Waals surface area (Å²) in [4.78, 5) is 13.0. The molecule has 2 atom stereocenters. The zero-order chi connectivity index (χ0) is 7.84. The molecule has 11 heavy (non-hydrogen) atoms. The van der Waals surface area contributed by atoms with Crippen molar-refractivity contribution >= 4 is 17.6 Å². The summed E-state index contributed by atoms with van der Waals surface area (Å²) in [7, 11) is 0. The molecule has 0 radical (unpaired) electrons. The van der Waals surface area contributed by atoms with Crippen LogP contribution in [0.4, 0.5) is 4.79 Å². The van der Waals surface area contributed by atoms with Crippen LogP contribution >= 0.6 is 11.6 Å². The highest BCUT2D eigenvalue weighted by molar-refractivity contribution is 6.21. The lowest BCUT2D eigenvalue weighted by Crippen LogP contribution is -2.54. The first-order valence-corrected chi connectivity index (χ1v) is 4.15. The van der Waals surface area contributed by atoms with E-state index < -0.39 is 0 Å². The Morgan fingerprint density at radius 3 is 3.27 bits per heavy atom. The Morgan fingerprint density at radius 2 is 2.45 bits per heavy atom. The molecule has 2 saturated heterocycles. The minimum atomic E-state index is -0.214. The van der Waals surface area contributed by atoms with E-state index in [1.54, 1.807) is 4.90 Å². The van der Waals surface area contributed by atoms with Crippen LogP contribution in [0.3, 0.4) is 0 Å². The quantitative estimate of drug-likeness (QED) is 0.399. The molecule has 0 aromatic carbocycles. The molecule has 62 valence electrons. The van der Waals surface area contributed by atoms with Crippen molar-refractivity contribution in [3.05, 3.63) is 0 Å². The second-order valence-electron chi connectivity index (χ2n) is 2.82. The number of urea groups is 1. The number of alkyl halides is 1. The maximum atomic E-state index is 11.2. The molecule has 0 spiro atoms. The Hall–Kier alpha value is -0.480.